The first kappa shape index (κ1) is 21.4. The van der Waals surface area contributed by atoms with Gasteiger partial charge in [0.1, 0.15) is 11.4 Å². The molecule has 0 radical (unpaired) electrons. The molecule has 3 aromatic heterocycles. The molecular formula is C22H22N4O3S2. The van der Waals surface area contributed by atoms with E-state index in [-0.39, 0.29) is 12.5 Å². The molecule has 0 aliphatic heterocycles. The number of hydrogen-bond acceptors (Lipinski definition) is 8. The summed E-state index contributed by atoms with van der Waals surface area (Å²) in [6.07, 6.45) is 0. The summed E-state index contributed by atoms with van der Waals surface area (Å²) in [7, 11) is 3.14. The molecule has 3 heterocycles. The molecule has 160 valence electrons. The molecule has 0 saturated heterocycles. The van der Waals surface area contributed by atoms with Crippen molar-refractivity contribution in [3.63, 3.8) is 0 Å². The Labute approximate surface area is 188 Å². The third-order valence-electron chi connectivity index (χ3n) is 5.00. The highest BCUT2D eigenvalue weighted by atomic mass is 32.1. The minimum atomic E-state index is -0.225. The second kappa shape index (κ2) is 8.70. The van der Waals surface area contributed by atoms with Crippen LogP contribution in [0.4, 0.5) is 5.13 Å². The molecule has 7 nitrogen and oxygen atoms in total. The molecular weight excluding hydrogens is 432 g/mol. The van der Waals surface area contributed by atoms with Gasteiger partial charge in [0.15, 0.2) is 11.0 Å². The number of carbonyl (C=O) groups is 1. The Morgan fingerprint density at radius 2 is 1.90 bits per heavy atom. The maximum atomic E-state index is 13.0. The minimum Gasteiger partial charge on any atom is -0.480 e. The van der Waals surface area contributed by atoms with Crippen LogP contribution in [0.1, 0.15) is 32.2 Å². The lowest BCUT2D eigenvalue weighted by Gasteiger charge is -2.05. The second-order valence-corrected chi connectivity index (χ2v) is 8.97. The van der Waals surface area contributed by atoms with Crippen LogP contribution in [0.25, 0.3) is 21.5 Å². The van der Waals surface area contributed by atoms with E-state index in [9.17, 15) is 4.79 Å². The number of fused-ring (bicyclic) bond motifs is 1. The largest absolute Gasteiger partial charge is 0.480 e. The summed E-state index contributed by atoms with van der Waals surface area (Å²) in [6.45, 7) is 6.30. The molecule has 1 amide bonds. The van der Waals surface area contributed by atoms with Crippen molar-refractivity contribution in [2.75, 3.05) is 19.5 Å². The number of ether oxygens (including phenoxy) is 2. The molecule has 0 spiro atoms. The van der Waals surface area contributed by atoms with E-state index in [2.05, 4.69) is 46.2 Å². The number of amides is 1. The third-order valence-corrected chi connectivity index (χ3v) is 6.95. The SMILES string of the molecule is COCc1nc(OC)c2c(C)c(C(=O)Nc3nc(-c4ccc(C)c(C)c4)cs3)sc2n1. The normalized spacial score (nSPS) is 11.1. The van der Waals surface area contributed by atoms with Crippen molar-refractivity contribution in [1.29, 1.82) is 0 Å². The van der Waals surface area contributed by atoms with Crippen LogP contribution < -0.4 is 10.1 Å². The molecule has 0 aliphatic rings. The molecule has 9 heteroatoms. The van der Waals surface area contributed by atoms with Gasteiger partial charge in [-0.3, -0.25) is 10.1 Å². The number of carbonyl (C=O) groups excluding carboxylic acids is 1. The average molecular weight is 455 g/mol. The first-order valence-corrected chi connectivity index (χ1v) is 11.3. The van der Waals surface area contributed by atoms with Gasteiger partial charge < -0.3 is 9.47 Å². The number of hydrogen-bond donors (Lipinski definition) is 1. The zero-order valence-electron chi connectivity index (χ0n) is 17.9. The van der Waals surface area contributed by atoms with Crippen molar-refractivity contribution in [3.8, 4) is 17.1 Å². The molecule has 0 unspecified atom stereocenters. The number of nitrogens with zero attached hydrogens (tertiary/aromatic N) is 3. The summed E-state index contributed by atoms with van der Waals surface area (Å²) >= 11 is 2.70. The van der Waals surface area contributed by atoms with Crippen molar-refractivity contribution >= 4 is 43.9 Å². The first-order chi connectivity index (χ1) is 14.9. The van der Waals surface area contributed by atoms with E-state index in [4.69, 9.17) is 9.47 Å². The van der Waals surface area contributed by atoms with Gasteiger partial charge in [-0.25, -0.2) is 9.97 Å². The molecule has 4 rings (SSSR count). The van der Waals surface area contributed by atoms with Crippen LogP contribution in [-0.4, -0.2) is 35.1 Å². The van der Waals surface area contributed by atoms with Crippen LogP contribution in [0.3, 0.4) is 0 Å². The van der Waals surface area contributed by atoms with Gasteiger partial charge in [-0.1, -0.05) is 12.1 Å². The topological polar surface area (TPSA) is 86.2 Å². The van der Waals surface area contributed by atoms with E-state index in [0.717, 1.165) is 22.2 Å². The van der Waals surface area contributed by atoms with Crippen LogP contribution in [0.5, 0.6) is 5.88 Å². The highest BCUT2D eigenvalue weighted by Crippen LogP contribution is 2.36. The predicted molar refractivity (Wildman–Crippen MR) is 124 cm³/mol. The van der Waals surface area contributed by atoms with Gasteiger partial charge in [0.05, 0.1) is 23.1 Å². The monoisotopic (exact) mass is 454 g/mol. The maximum Gasteiger partial charge on any atom is 0.267 e. The molecule has 0 saturated carbocycles. The number of thiophene rings is 1. The number of aromatic nitrogens is 3. The quantitative estimate of drug-likeness (QED) is 0.434. The number of thiazole rings is 1. The van der Waals surface area contributed by atoms with Gasteiger partial charge in [0.2, 0.25) is 5.88 Å². The Morgan fingerprint density at radius 3 is 2.61 bits per heavy atom. The Balaban J connectivity index is 1.62. The zero-order chi connectivity index (χ0) is 22.1. The van der Waals surface area contributed by atoms with E-state index >= 15 is 0 Å². The summed E-state index contributed by atoms with van der Waals surface area (Å²) in [5.74, 6) is 0.728. The third kappa shape index (κ3) is 4.16. The van der Waals surface area contributed by atoms with Crippen molar-refractivity contribution in [3.05, 3.63) is 51.0 Å². The lowest BCUT2D eigenvalue weighted by molar-refractivity contribution is 0.103. The summed E-state index contributed by atoms with van der Waals surface area (Å²) in [4.78, 5) is 27.7. The number of nitrogens with one attached hydrogen (secondary N) is 1. The van der Waals surface area contributed by atoms with E-state index in [1.807, 2.05) is 18.4 Å². The summed E-state index contributed by atoms with van der Waals surface area (Å²) in [6, 6.07) is 6.23. The standard InChI is InChI=1S/C22H22N4O3S2/c1-11-6-7-14(8-12(11)2)15-10-30-22(23-15)26-19(27)18-13(3)17-20(29-5)24-16(9-28-4)25-21(17)31-18/h6-8,10H,9H2,1-5H3,(H,23,26,27). The first-order valence-electron chi connectivity index (χ1n) is 9.58. The molecule has 1 N–H and O–H groups in total. The molecule has 0 fully saturated rings. The molecule has 1 aromatic carbocycles. The second-order valence-electron chi connectivity index (χ2n) is 7.11. The highest BCUT2D eigenvalue weighted by molar-refractivity contribution is 7.21. The zero-order valence-corrected chi connectivity index (χ0v) is 19.5. The van der Waals surface area contributed by atoms with E-state index in [1.54, 1.807) is 14.2 Å². The van der Waals surface area contributed by atoms with E-state index in [1.165, 1.54) is 33.8 Å². The van der Waals surface area contributed by atoms with Crippen molar-refractivity contribution in [1.82, 2.24) is 15.0 Å². The molecule has 0 aliphatic carbocycles. The van der Waals surface area contributed by atoms with Crippen LogP contribution in [0.15, 0.2) is 23.6 Å². The van der Waals surface area contributed by atoms with Gasteiger partial charge in [-0.2, -0.15) is 4.98 Å². The van der Waals surface area contributed by atoms with E-state index < -0.39 is 0 Å². The van der Waals surface area contributed by atoms with Crippen LogP contribution in [0, 0.1) is 20.8 Å². The number of methoxy groups -OCH3 is 2. The Bertz CT molecular complexity index is 1280. The lowest BCUT2D eigenvalue weighted by Crippen LogP contribution is -2.11. The molecule has 0 bridgehead atoms. The smallest absolute Gasteiger partial charge is 0.267 e. The van der Waals surface area contributed by atoms with Crippen LogP contribution in [0.2, 0.25) is 0 Å². The number of benzene rings is 1. The van der Waals surface area contributed by atoms with Crippen molar-refractivity contribution in [2.24, 2.45) is 0 Å². The Hall–Kier alpha value is -2.88. The van der Waals surface area contributed by atoms with Crippen LogP contribution in [-0.2, 0) is 11.3 Å². The van der Waals surface area contributed by atoms with Gasteiger partial charge in [-0.15, -0.1) is 22.7 Å². The predicted octanol–water partition coefficient (Wildman–Crippen LogP) is 5.15. The molecule has 4 aromatic rings. The summed E-state index contributed by atoms with van der Waals surface area (Å²) in [5.41, 5.74) is 5.10. The van der Waals surface area contributed by atoms with Gasteiger partial charge in [-0.05, 0) is 43.5 Å². The van der Waals surface area contributed by atoms with Gasteiger partial charge in [0, 0.05) is 18.1 Å². The number of aryl methyl sites for hydroxylation is 3. The average Bonchev–Trinajstić information content (AvgIpc) is 3.34. The fourth-order valence-corrected chi connectivity index (χ4v) is 5.02. The molecule has 0 atom stereocenters. The van der Waals surface area contributed by atoms with Gasteiger partial charge >= 0.3 is 0 Å². The minimum absolute atomic E-state index is 0.225. The fourth-order valence-electron chi connectivity index (χ4n) is 3.22. The van der Waals surface area contributed by atoms with E-state index in [0.29, 0.717) is 26.5 Å². The fraction of sp³-hybridized carbons (Fsp3) is 0.273. The number of anilines is 1. The summed E-state index contributed by atoms with van der Waals surface area (Å²) < 4.78 is 10.6. The summed E-state index contributed by atoms with van der Waals surface area (Å²) in [5, 5.41) is 6.16. The number of rotatable bonds is 6. The van der Waals surface area contributed by atoms with Crippen LogP contribution >= 0.6 is 22.7 Å². The Morgan fingerprint density at radius 1 is 1.10 bits per heavy atom. The van der Waals surface area contributed by atoms with Crippen molar-refractivity contribution in [2.45, 2.75) is 27.4 Å². The maximum absolute atomic E-state index is 13.0. The Kier molecular flexibility index (Phi) is 5.99. The molecule has 31 heavy (non-hydrogen) atoms. The van der Waals surface area contributed by atoms with Crippen molar-refractivity contribution < 1.29 is 14.3 Å². The highest BCUT2D eigenvalue weighted by Gasteiger charge is 2.22. The lowest BCUT2D eigenvalue weighted by atomic mass is 10.1. The van der Waals surface area contributed by atoms with Gasteiger partial charge in [0.25, 0.3) is 5.91 Å².